The Morgan fingerprint density at radius 2 is 2.00 bits per heavy atom. The lowest BCUT2D eigenvalue weighted by molar-refractivity contribution is 0.226. The molecule has 0 radical (unpaired) electrons. The smallest absolute Gasteiger partial charge is 0.122 e. The average Bonchev–Trinajstić information content (AvgIpc) is 2.54. The Balaban J connectivity index is 2.30. The zero-order valence-electron chi connectivity index (χ0n) is 13.6. The molecule has 0 bridgehead atoms. The fourth-order valence-corrected chi connectivity index (χ4v) is 3.78. The number of nitrogens with two attached hydrogens (primary N) is 1. The Kier molecular flexibility index (Phi) is 5.92. The number of ether oxygens (including phenoxy) is 2. The lowest BCUT2D eigenvalue weighted by atomic mass is 9.70. The van der Waals surface area contributed by atoms with Crippen LogP contribution in [0.2, 0.25) is 0 Å². The highest BCUT2D eigenvalue weighted by molar-refractivity contribution is 5.43. The molecule has 3 unspecified atom stereocenters. The third kappa shape index (κ3) is 3.70. The molecule has 3 heteroatoms. The highest BCUT2D eigenvalue weighted by Gasteiger charge is 2.32. The van der Waals surface area contributed by atoms with Gasteiger partial charge in [0.1, 0.15) is 11.5 Å². The molecule has 118 valence electrons. The van der Waals surface area contributed by atoms with Crippen molar-refractivity contribution in [3.05, 3.63) is 23.8 Å². The third-order valence-electron chi connectivity index (χ3n) is 4.94. The molecule has 0 saturated heterocycles. The first-order chi connectivity index (χ1) is 10.2. The van der Waals surface area contributed by atoms with Crippen molar-refractivity contribution < 1.29 is 9.47 Å². The van der Waals surface area contributed by atoms with E-state index in [1.807, 2.05) is 12.1 Å². The summed E-state index contributed by atoms with van der Waals surface area (Å²) < 4.78 is 11.0. The van der Waals surface area contributed by atoms with Gasteiger partial charge in [-0.05, 0) is 55.3 Å². The van der Waals surface area contributed by atoms with Crippen molar-refractivity contribution in [2.24, 2.45) is 17.6 Å². The van der Waals surface area contributed by atoms with Crippen molar-refractivity contribution in [1.82, 2.24) is 0 Å². The van der Waals surface area contributed by atoms with E-state index in [1.54, 1.807) is 14.2 Å². The second-order valence-corrected chi connectivity index (χ2v) is 6.18. The monoisotopic (exact) mass is 291 g/mol. The van der Waals surface area contributed by atoms with Crippen LogP contribution in [0.5, 0.6) is 11.5 Å². The van der Waals surface area contributed by atoms with Crippen molar-refractivity contribution in [2.75, 3.05) is 20.8 Å². The summed E-state index contributed by atoms with van der Waals surface area (Å²) in [6.45, 7) is 3.03. The quantitative estimate of drug-likeness (QED) is 0.862. The minimum absolute atomic E-state index is 0.491. The zero-order chi connectivity index (χ0) is 15.2. The Morgan fingerprint density at radius 1 is 1.19 bits per heavy atom. The zero-order valence-corrected chi connectivity index (χ0v) is 13.6. The van der Waals surface area contributed by atoms with Gasteiger partial charge in [-0.25, -0.2) is 0 Å². The summed E-state index contributed by atoms with van der Waals surface area (Å²) >= 11 is 0. The van der Waals surface area contributed by atoms with Crippen molar-refractivity contribution in [3.63, 3.8) is 0 Å². The van der Waals surface area contributed by atoms with Crippen LogP contribution in [0.25, 0.3) is 0 Å². The fourth-order valence-electron chi connectivity index (χ4n) is 3.78. The van der Waals surface area contributed by atoms with Crippen LogP contribution in [0.15, 0.2) is 18.2 Å². The molecule has 0 aromatic heterocycles. The van der Waals surface area contributed by atoms with Crippen LogP contribution in [0.1, 0.15) is 50.5 Å². The van der Waals surface area contributed by atoms with Crippen LogP contribution in [0, 0.1) is 11.8 Å². The second kappa shape index (κ2) is 7.69. The van der Waals surface area contributed by atoms with E-state index in [-0.39, 0.29) is 0 Å². The first-order valence-electron chi connectivity index (χ1n) is 8.15. The van der Waals surface area contributed by atoms with Crippen molar-refractivity contribution in [1.29, 1.82) is 0 Å². The third-order valence-corrected chi connectivity index (χ3v) is 4.94. The van der Waals surface area contributed by atoms with Crippen LogP contribution in [-0.2, 0) is 0 Å². The summed E-state index contributed by atoms with van der Waals surface area (Å²) in [5.74, 6) is 3.73. The molecule has 2 rings (SSSR count). The molecule has 1 aromatic carbocycles. The molecule has 0 heterocycles. The number of hydrogen-bond acceptors (Lipinski definition) is 3. The molecule has 0 amide bonds. The van der Waals surface area contributed by atoms with E-state index in [9.17, 15) is 0 Å². The fraction of sp³-hybridized carbons (Fsp3) is 0.667. The number of benzene rings is 1. The molecule has 3 nitrogen and oxygen atoms in total. The maximum Gasteiger partial charge on any atom is 0.122 e. The number of hydrogen-bond donors (Lipinski definition) is 1. The molecule has 1 aliphatic carbocycles. The molecule has 1 fully saturated rings. The minimum atomic E-state index is 0.491. The average molecular weight is 291 g/mol. The van der Waals surface area contributed by atoms with Crippen molar-refractivity contribution in [3.8, 4) is 11.5 Å². The van der Waals surface area contributed by atoms with Crippen LogP contribution >= 0.6 is 0 Å². The summed E-state index contributed by atoms with van der Waals surface area (Å²) in [5.41, 5.74) is 7.31. The van der Waals surface area contributed by atoms with E-state index in [1.165, 1.54) is 37.7 Å². The normalized spacial score (nSPS) is 25.6. The first kappa shape index (κ1) is 16.2. The van der Waals surface area contributed by atoms with Gasteiger partial charge in [0.05, 0.1) is 14.2 Å². The lowest BCUT2D eigenvalue weighted by Gasteiger charge is -2.36. The van der Waals surface area contributed by atoms with Gasteiger partial charge >= 0.3 is 0 Å². The molecule has 0 aliphatic heterocycles. The van der Waals surface area contributed by atoms with Crippen molar-refractivity contribution in [2.45, 2.75) is 44.9 Å². The van der Waals surface area contributed by atoms with Gasteiger partial charge in [-0.1, -0.05) is 26.2 Å². The van der Waals surface area contributed by atoms with Gasteiger partial charge in [-0.15, -0.1) is 0 Å². The predicted octanol–water partition coefficient (Wildman–Crippen LogP) is 3.96. The largest absolute Gasteiger partial charge is 0.497 e. The Hall–Kier alpha value is -1.22. The lowest BCUT2D eigenvalue weighted by Crippen LogP contribution is -2.29. The summed E-state index contributed by atoms with van der Waals surface area (Å²) in [6.07, 6.45) is 6.35. The van der Waals surface area contributed by atoms with Crippen LogP contribution < -0.4 is 15.2 Å². The SMILES string of the molecule is CCCC1CCC(CN)C(c2cc(OC)ccc2OC)C1. The molecular formula is C18H29NO2. The van der Waals surface area contributed by atoms with Gasteiger partial charge in [0.25, 0.3) is 0 Å². The van der Waals surface area contributed by atoms with Gasteiger partial charge in [0, 0.05) is 5.56 Å². The minimum Gasteiger partial charge on any atom is -0.497 e. The Morgan fingerprint density at radius 3 is 2.62 bits per heavy atom. The standard InChI is InChI=1S/C18H29NO2/c1-4-5-13-6-7-14(12-19)16(10-13)17-11-15(20-2)8-9-18(17)21-3/h8-9,11,13-14,16H,4-7,10,12,19H2,1-3H3. The Bertz CT molecular complexity index is 447. The summed E-state index contributed by atoms with van der Waals surface area (Å²) in [4.78, 5) is 0. The van der Waals surface area contributed by atoms with Crippen LogP contribution in [0.4, 0.5) is 0 Å². The highest BCUT2D eigenvalue weighted by Crippen LogP contribution is 2.45. The molecule has 1 aromatic rings. The van der Waals surface area contributed by atoms with Gasteiger partial charge in [0.2, 0.25) is 0 Å². The van der Waals surface area contributed by atoms with E-state index in [0.29, 0.717) is 11.8 Å². The molecule has 21 heavy (non-hydrogen) atoms. The Labute approximate surface area is 128 Å². The summed E-state index contributed by atoms with van der Waals surface area (Å²) in [7, 11) is 3.46. The second-order valence-electron chi connectivity index (χ2n) is 6.18. The maximum absolute atomic E-state index is 6.04. The van der Waals surface area contributed by atoms with Gasteiger partial charge in [0.15, 0.2) is 0 Å². The number of rotatable bonds is 6. The van der Waals surface area contributed by atoms with Crippen LogP contribution in [0.3, 0.4) is 0 Å². The molecule has 1 aliphatic rings. The van der Waals surface area contributed by atoms with E-state index in [2.05, 4.69) is 13.0 Å². The van der Waals surface area contributed by atoms with Gasteiger partial charge in [-0.2, -0.15) is 0 Å². The molecule has 1 saturated carbocycles. The molecule has 0 spiro atoms. The first-order valence-corrected chi connectivity index (χ1v) is 8.15. The van der Waals surface area contributed by atoms with E-state index < -0.39 is 0 Å². The van der Waals surface area contributed by atoms with E-state index >= 15 is 0 Å². The van der Waals surface area contributed by atoms with Gasteiger partial charge < -0.3 is 15.2 Å². The van der Waals surface area contributed by atoms with Crippen LogP contribution in [-0.4, -0.2) is 20.8 Å². The van der Waals surface area contributed by atoms with Crippen molar-refractivity contribution >= 4 is 0 Å². The highest BCUT2D eigenvalue weighted by atomic mass is 16.5. The predicted molar refractivity (Wildman–Crippen MR) is 87.1 cm³/mol. The molecule has 3 atom stereocenters. The molecular weight excluding hydrogens is 262 g/mol. The maximum atomic E-state index is 6.04. The molecule has 2 N–H and O–H groups in total. The topological polar surface area (TPSA) is 44.5 Å². The van der Waals surface area contributed by atoms with Gasteiger partial charge in [-0.3, -0.25) is 0 Å². The summed E-state index contributed by atoms with van der Waals surface area (Å²) in [5, 5.41) is 0. The summed E-state index contributed by atoms with van der Waals surface area (Å²) in [6, 6.07) is 6.12. The van der Waals surface area contributed by atoms with E-state index in [4.69, 9.17) is 15.2 Å². The number of methoxy groups -OCH3 is 2. The van der Waals surface area contributed by atoms with E-state index in [0.717, 1.165) is 24.0 Å².